The molecule has 0 aliphatic rings. The Morgan fingerprint density at radius 3 is 2.15 bits per heavy atom. The van der Waals surface area contributed by atoms with Crippen molar-refractivity contribution in [1.29, 1.82) is 0 Å². The molecule has 0 saturated carbocycles. The topological polar surface area (TPSA) is 81.1 Å². The molecule has 1 amide bonds. The molecular weight excluding hydrogens is 322 g/mol. The molecule has 2 unspecified atom stereocenters. The fourth-order valence-electron chi connectivity index (χ4n) is 3.07. The number of benzene rings is 2. The van der Waals surface area contributed by atoms with Crippen LogP contribution in [0, 0.1) is 5.92 Å². The maximum absolute atomic E-state index is 12.8. The molecule has 2 aromatic carbocycles. The standard InChI is InChI=1S/C22H31N3O/c23-15-7-12-21(24)17-25-22(26)20(16-19-10-5-2-6-11-19)14-13-18-8-3-1-4-9-18/h1-6,8-11,20-21H,7,12-17,23-24H2,(H,25,26). The molecule has 0 spiro atoms. The minimum absolute atomic E-state index is 0.0333. The lowest BCUT2D eigenvalue weighted by molar-refractivity contribution is -0.125. The second kappa shape index (κ2) is 11.4. The van der Waals surface area contributed by atoms with E-state index in [9.17, 15) is 4.79 Å². The van der Waals surface area contributed by atoms with Gasteiger partial charge < -0.3 is 16.8 Å². The molecule has 4 heteroatoms. The van der Waals surface area contributed by atoms with Gasteiger partial charge in [-0.25, -0.2) is 0 Å². The first kappa shape index (κ1) is 20.1. The van der Waals surface area contributed by atoms with E-state index in [1.807, 2.05) is 36.4 Å². The van der Waals surface area contributed by atoms with E-state index in [2.05, 4.69) is 29.6 Å². The molecule has 5 N–H and O–H groups in total. The number of carbonyl (C=O) groups is 1. The molecule has 0 fully saturated rings. The maximum Gasteiger partial charge on any atom is 0.223 e. The van der Waals surface area contributed by atoms with Gasteiger partial charge in [-0.2, -0.15) is 0 Å². The second-order valence-corrected chi connectivity index (χ2v) is 6.85. The summed E-state index contributed by atoms with van der Waals surface area (Å²) in [6, 6.07) is 20.5. The van der Waals surface area contributed by atoms with E-state index >= 15 is 0 Å². The Morgan fingerprint density at radius 1 is 0.923 bits per heavy atom. The van der Waals surface area contributed by atoms with Gasteiger partial charge in [-0.3, -0.25) is 4.79 Å². The van der Waals surface area contributed by atoms with E-state index in [0.29, 0.717) is 13.1 Å². The predicted octanol–water partition coefficient (Wildman–Crippen LogP) is 2.66. The fraction of sp³-hybridized carbons (Fsp3) is 0.409. The van der Waals surface area contributed by atoms with E-state index in [1.54, 1.807) is 0 Å². The zero-order chi connectivity index (χ0) is 18.6. The Hall–Kier alpha value is -2.17. The van der Waals surface area contributed by atoms with Crippen LogP contribution in [0.1, 0.15) is 30.4 Å². The van der Waals surface area contributed by atoms with Gasteiger partial charge in [0.25, 0.3) is 0 Å². The van der Waals surface area contributed by atoms with Crippen LogP contribution in [0.15, 0.2) is 60.7 Å². The van der Waals surface area contributed by atoms with Gasteiger partial charge in [0.05, 0.1) is 0 Å². The highest BCUT2D eigenvalue weighted by molar-refractivity contribution is 5.79. The van der Waals surface area contributed by atoms with E-state index in [4.69, 9.17) is 11.5 Å². The van der Waals surface area contributed by atoms with Crippen LogP contribution in [-0.2, 0) is 17.6 Å². The summed E-state index contributed by atoms with van der Waals surface area (Å²) in [6.45, 7) is 1.14. The highest BCUT2D eigenvalue weighted by Gasteiger charge is 2.19. The molecule has 0 aliphatic carbocycles. The van der Waals surface area contributed by atoms with Crippen LogP contribution in [0.5, 0.6) is 0 Å². The summed E-state index contributed by atoms with van der Waals surface area (Å²) in [7, 11) is 0. The molecule has 0 saturated heterocycles. The van der Waals surface area contributed by atoms with Crippen molar-refractivity contribution in [3.05, 3.63) is 71.8 Å². The smallest absolute Gasteiger partial charge is 0.223 e. The molecule has 0 aromatic heterocycles. The zero-order valence-electron chi connectivity index (χ0n) is 15.4. The summed E-state index contributed by atoms with van der Waals surface area (Å²) in [4.78, 5) is 12.8. The van der Waals surface area contributed by atoms with Gasteiger partial charge in [-0.1, -0.05) is 60.7 Å². The van der Waals surface area contributed by atoms with Gasteiger partial charge in [0.1, 0.15) is 0 Å². The lowest BCUT2D eigenvalue weighted by atomic mass is 9.92. The summed E-state index contributed by atoms with van der Waals surface area (Å²) in [5, 5.41) is 3.04. The lowest BCUT2D eigenvalue weighted by Gasteiger charge is -2.19. The quantitative estimate of drug-likeness (QED) is 0.581. The molecular formula is C22H31N3O. The maximum atomic E-state index is 12.8. The number of hydrogen-bond acceptors (Lipinski definition) is 3. The monoisotopic (exact) mass is 353 g/mol. The highest BCUT2D eigenvalue weighted by Crippen LogP contribution is 2.16. The molecule has 2 rings (SSSR count). The van der Waals surface area contributed by atoms with E-state index < -0.39 is 0 Å². The van der Waals surface area contributed by atoms with Gasteiger partial charge in [0, 0.05) is 18.5 Å². The lowest BCUT2D eigenvalue weighted by Crippen LogP contribution is -2.40. The third kappa shape index (κ3) is 7.38. The van der Waals surface area contributed by atoms with Crippen molar-refractivity contribution in [3.63, 3.8) is 0 Å². The SMILES string of the molecule is NCCCC(N)CNC(=O)C(CCc1ccccc1)Cc1ccccc1. The van der Waals surface area contributed by atoms with Crippen LogP contribution in [0.4, 0.5) is 0 Å². The Labute approximate surface area is 157 Å². The Balaban J connectivity index is 1.93. The van der Waals surface area contributed by atoms with Crippen molar-refractivity contribution < 1.29 is 4.79 Å². The average Bonchev–Trinajstić information content (AvgIpc) is 2.69. The number of carbonyl (C=O) groups excluding carboxylic acids is 1. The third-order valence-corrected chi connectivity index (χ3v) is 4.64. The number of rotatable bonds is 11. The minimum atomic E-state index is -0.0562. The van der Waals surface area contributed by atoms with E-state index in [1.165, 1.54) is 11.1 Å². The van der Waals surface area contributed by atoms with Crippen molar-refractivity contribution in [1.82, 2.24) is 5.32 Å². The van der Waals surface area contributed by atoms with Gasteiger partial charge in [0.2, 0.25) is 5.91 Å². The Morgan fingerprint density at radius 2 is 1.54 bits per heavy atom. The van der Waals surface area contributed by atoms with Crippen LogP contribution in [0.2, 0.25) is 0 Å². The molecule has 0 aliphatic heterocycles. The first-order chi connectivity index (χ1) is 12.7. The van der Waals surface area contributed by atoms with Crippen LogP contribution in [-0.4, -0.2) is 25.0 Å². The normalized spacial score (nSPS) is 13.2. The third-order valence-electron chi connectivity index (χ3n) is 4.64. The molecule has 0 heterocycles. The van der Waals surface area contributed by atoms with Crippen molar-refractivity contribution in [2.75, 3.05) is 13.1 Å². The number of aryl methyl sites for hydroxylation is 1. The van der Waals surface area contributed by atoms with Crippen LogP contribution in [0.3, 0.4) is 0 Å². The Kier molecular flexibility index (Phi) is 8.87. The number of nitrogens with one attached hydrogen (secondary N) is 1. The van der Waals surface area contributed by atoms with Crippen LogP contribution < -0.4 is 16.8 Å². The summed E-state index contributed by atoms with van der Waals surface area (Å²) in [5.74, 6) is 0.0345. The van der Waals surface area contributed by atoms with Crippen LogP contribution in [0.25, 0.3) is 0 Å². The molecule has 4 nitrogen and oxygen atoms in total. The first-order valence-electron chi connectivity index (χ1n) is 9.50. The first-order valence-corrected chi connectivity index (χ1v) is 9.50. The van der Waals surface area contributed by atoms with Crippen molar-refractivity contribution in [2.24, 2.45) is 17.4 Å². The molecule has 2 aromatic rings. The largest absolute Gasteiger partial charge is 0.354 e. The highest BCUT2D eigenvalue weighted by atomic mass is 16.1. The summed E-state index contributed by atoms with van der Waals surface area (Å²) < 4.78 is 0. The van der Waals surface area contributed by atoms with Crippen molar-refractivity contribution in [2.45, 2.75) is 38.1 Å². The molecule has 26 heavy (non-hydrogen) atoms. The molecule has 140 valence electrons. The second-order valence-electron chi connectivity index (χ2n) is 6.85. The number of hydrogen-bond donors (Lipinski definition) is 3. The van der Waals surface area contributed by atoms with Crippen molar-refractivity contribution >= 4 is 5.91 Å². The molecule has 0 radical (unpaired) electrons. The van der Waals surface area contributed by atoms with E-state index in [0.717, 1.165) is 32.1 Å². The summed E-state index contributed by atoms with van der Waals surface area (Å²) in [5.41, 5.74) is 14.0. The van der Waals surface area contributed by atoms with Gasteiger partial charge in [-0.05, 0) is 49.8 Å². The van der Waals surface area contributed by atoms with Crippen molar-refractivity contribution in [3.8, 4) is 0 Å². The van der Waals surface area contributed by atoms with E-state index in [-0.39, 0.29) is 17.9 Å². The number of nitrogens with two attached hydrogens (primary N) is 2. The fourth-order valence-corrected chi connectivity index (χ4v) is 3.07. The average molecular weight is 354 g/mol. The van der Waals surface area contributed by atoms with Gasteiger partial charge >= 0.3 is 0 Å². The predicted molar refractivity (Wildman–Crippen MR) is 108 cm³/mol. The molecule has 2 atom stereocenters. The summed E-state index contributed by atoms with van der Waals surface area (Å²) in [6.07, 6.45) is 4.19. The minimum Gasteiger partial charge on any atom is -0.354 e. The molecule has 0 bridgehead atoms. The van der Waals surface area contributed by atoms with Gasteiger partial charge in [0.15, 0.2) is 0 Å². The van der Waals surface area contributed by atoms with Crippen LogP contribution >= 0.6 is 0 Å². The summed E-state index contributed by atoms with van der Waals surface area (Å²) >= 11 is 0. The zero-order valence-corrected chi connectivity index (χ0v) is 15.4. The van der Waals surface area contributed by atoms with Gasteiger partial charge in [-0.15, -0.1) is 0 Å². The number of amides is 1. The Bertz CT molecular complexity index is 630.